The highest BCUT2D eigenvalue weighted by atomic mass is 16.5. The maximum atomic E-state index is 9.48. The Bertz CT molecular complexity index is 400. The van der Waals surface area contributed by atoms with Crippen LogP contribution in [0.3, 0.4) is 0 Å². The minimum Gasteiger partial charge on any atom is -0.490 e. The molecule has 1 rings (SSSR count). The lowest BCUT2D eigenvalue weighted by Crippen LogP contribution is -2.06. The van der Waals surface area contributed by atoms with Gasteiger partial charge in [-0.2, -0.15) is 0 Å². The third kappa shape index (κ3) is 7.12. The lowest BCUT2D eigenvalue weighted by atomic mass is 10.2. The molecule has 132 valence electrons. The van der Waals surface area contributed by atoms with E-state index in [1.165, 1.54) is 0 Å². The molecule has 0 fully saturated rings. The zero-order valence-corrected chi connectivity index (χ0v) is 14.9. The fraction of sp³-hybridized carbons (Fsp3) is 0.684. The molecule has 23 heavy (non-hydrogen) atoms. The van der Waals surface area contributed by atoms with Crippen LogP contribution >= 0.6 is 0 Å². The van der Waals surface area contributed by atoms with Gasteiger partial charge >= 0.3 is 0 Å². The second kappa shape index (κ2) is 12.1. The zero-order chi connectivity index (χ0) is 16.9. The first kappa shape index (κ1) is 19.6. The Morgan fingerprint density at radius 1 is 0.739 bits per heavy atom. The molecule has 4 nitrogen and oxygen atoms in total. The molecule has 1 aromatic carbocycles. The highest BCUT2D eigenvalue weighted by Gasteiger charge is 2.15. The average Bonchev–Trinajstić information content (AvgIpc) is 2.57. The van der Waals surface area contributed by atoms with Crippen molar-refractivity contribution in [3.63, 3.8) is 0 Å². The van der Waals surface area contributed by atoms with Gasteiger partial charge in [-0.15, -0.1) is 0 Å². The normalized spacial score (nSPS) is 10.6. The molecule has 0 amide bonds. The molecular weight excluding hydrogens is 292 g/mol. The van der Waals surface area contributed by atoms with Crippen LogP contribution in [0.1, 0.15) is 64.9 Å². The van der Waals surface area contributed by atoms with Crippen molar-refractivity contribution in [1.29, 1.82) is 0 Å². The second-order valence-electron chi connectivity index (χ2n) is 5.69. The number of hydrogen-bond donors (Lipinski definition) is 1. The smallest absolute Gasteiger partial charge is 0.203 e. The molecule has 4 heteroatoms. The monoisotopic (exact) mass is 324 g/mol. The molecule has 0 aliphatic rings. The van der Waals surface area contributed by atoms with Crippen molar-refractivity contribution < 1.29 is 19.3 Å². The maximum Gasteiger partial charge on any atom is 0.203 e. The third-order valence-electron chi connectivity index (χ3n) is 3.52. The van der Waals surface area contributed by atoms with E-state index in [1.54, 1.807) is 0 Å². The van der Waals surface area contributed by atoms with E-state index >= 15 is 0 Å². The van der Waals surface area contributed by atoms with Crippen molar-refractivity contribution in [2.75, 3.05) is 19.8 Å². The van der Waals surface area contributed by atoms with Gasteiger partial charge in [0, 0.05) is 0 Å². The Hall–Kier alpha value is -1.42. The fourth-order valence-electron chi connectivity index (χ4n) is 2.05. The summed E-state index contributed by atoms with van der Waals surface area (Å²) in [5, 5.41) is 9.48. The van der Waals surface area contributed by atoms with Gasteiger partial charge in [-0.3, -0.25) is 0 Å². The van der Waals surface area contributed by atoms with Gasteiger partial charge in [0.1, 0.15) is 0 Å². The van der Waals surface area contributed by atoms with E-state index in [0.717, 1.165) is 44.1 Å². The van der Waals surface area contributed by atoms with Crippen molar-refractivity contribution in [2.24, 2.45) is 0 Å². The van der Waals surface area contributed by atoms with Crippen LogP contribution in [0.2, 0.25) is 0 Å². The summed E-state index contributed by atoms with van der Waals surface area (Å²) in [6.45, 7) is 8.28. The number of hydrogen-bond acceptors (Lipinski definition) is 4. The largest absolute Gasteiger partial charge is 0.490 e. The summed E-state index contributed by atoms with van der Waals surface area (Å²) in [6, 6.07) is 3.70. The predicted molar refractivity (Wildman–Crippen MR) is 93.6 cm³/mol. The van der Waals surface area contributed by atoms with Gasteiger partial charge in [0.2, 0.25) is 5.75 Å². The van der Waals surface area contributed by atoms with E-state index in [1.807, 2.05) is 12.1 Å². The molecule has 1 aromatic rings. The van der Waals surface area contributed by atoms with Gasteiger partial charge in [0.15, 0.2) is 11.5 Å². The first-order chi connectivity index (χ1) is 11.3. The Morgan fingerprint density at radius 3 is 1.57 bits per heavy atom. The van der Waals surface area contributed by atoms with Crippen LogP contribution in [0, 0.1) is 0 Å². The summed E-state index contributed by atoms with van der Waals surface area (Å²) in [5.41, 5.74) is 0.783. The molecule has 0 aromatic heterocycles. The van der Waals surface area contributed by atoms with Gasteiger partial charge in [-0.05, 0) is 37.0 Å². The third-order valence-corrected chi connectivity index (χ3v) is 3.52. The highest BCUT2D eigenvalue weighted by Crippen LogP contribution is 2.39. The number of rotatable bonds is 13. The second-order valence-corrected chi connectivity index (χ2v) is 5.69. The summed E-state index contributed by atoms with van der Waals surface area (Å²) < 4.78 is 17.7. The van der Waals surface area contributed by atoms with Crippen molar-refractivity contribution in [3.8, 4) is 17.2 Å². The average molecular weight is 324 g/mol. The molecule has 1 N–H and O–H groups in total. The molecule has 0 radical (unpaired) electrons. The summed E-state index contributed by atoms with van der Waals surface area (Å²) in [7, 11) is 0. The van der Waals surface area contributed by atoms with Crippen LogP contribution in [0.25, 0.3) is 0 Å². The van der Waals surface area contributed by atoms with Gasteiger partial charge in [0.25, 0.3) is 0 Å². The van der Waals surface area contributed by atoms with Crippen LogP contribution in [0.15, 0.2) is 12.1 Å². The number of aliphatic hydroxyl groups is 1. The number of ether oxygens (including phenoxy) is 3. The Balaban J connectivity index is 2.97. The van der Waals surface area contributed by atoms with Crippen LogP contribution in [0.4, 0.5) is 0 Å². The molecule has 0 saturated carbocycles. The molecule has 0 heterocycles. The standard InChI is InChI=1S/C19H32O4/c1-4-7-10-21-17-13-16(15-20)14-18(22-11-8-5-2)19(17)23-12-9-6-3/h13-14,20H,4-12,15H2,1-3H3. The first-order valence-corrected chi connectivity index (χ1v) is 8.92. The van der Waals surface area contributed by atoms with E-state index < -0.39 is 0 Å². The highest BCUT2D eigenvalue weighted by molar-refractivity contribution is 5.53. The summed E-state index contributed by atoms with van der Waals surface area (Å²) >= 11 is 0. The van der Waals surface area contributed by atoms with Crippen molar-refractivity contribution in [2.45, 2.75) is 65.9 Å². The molecule has 0 spiro atoms. The van der Waals surface area contributed by atoms with Crippen molar-refractivity contribution in [3.05, 3.63) is 17.7 Å². The predicted octanol–water partition coefficient (Wildman–Crippen LogP) is 4.72. The lowest BCUT2D eigenvalue weighted by molar-refractivity contribution is 0.234. The van der Waals surface area contributed by atoms with Gasteiger partial charge in [0.05, 0.1) is 26.4 Å². The summed E-state index contributed by atoms with van der Waals surface area (Å²) in [4.78, 5) is 0. The Kier molecular flexibility index (Phi) is 10.3. The van der Waals surface area contributed by atoms with E-state index in [9.17, 15) is 5.11 Å². The van der Waals surface area contributed by atoms with Gasteiger partial charge < -0.3 is 19.3 Å². The first-order valence-electron chi connectivity index (χ1n) is 8.92. The van der Waals surface area contributed by atoms with E-state index in [-0.39, 0.29) is 6.61 Å². The van der Waals surface area contributed by atoms with Gasteiger partial charge in [-0.25, -0.2) is 0 Å². The van der Waals surface area contributed by atoms with Crippen molar-refractivity contribution in [1.82, 2.24) is 0 Å². The maximum absolute atomic E-state index is 9.48. The van der Waals surface area contributed by atoms with E-state index in [0.29, 0.717) is 37.1 Å². The Labute approximate surface area is 140 Å². The van der Waals surface area contributed by atoms with Crippen LogP contribution < -0.4 is 14.2 Å². The Morgan fingerprint density at radius 2 is 1.17 bits per heavy atom. The van der Waals surface area contributed by atoms with Crippen LogP contribution in [-0.2, 0) is 6.61 Å². The fourth-order valence-corrected chi connectivity index (χ4v) is 2.05. The lowest BCUT2D eigenvalue weighted by Gasteiger charge is -2.18. The molecule has 0 aliphatic heterocycles. The molecule has 0 saturated heterocycles. The zero-order valence-electron chi connectivity index (χ0n) is 14.9. The van der Waals surface area contributed by atoms with E-state index in [2.05, 4.69) is 20.8 Å². The minimum atomic E-state index is -0.0382. The van der Waals surface area contributed by atoms with E-state index in [4.69, 9.17) is 14.2 Å². The summed E-state index contributed by atoms with van der Waals surface area (Å²) in [5.74, 6) is 2.02. The molecule has 0 aliphatic carbocycles. The molecule has 0 unspecified atom stereocenters. The quantitative estimate of drug-likeness (QED) is 0.534. The molecular formula is C19H32O4. The molecule has 0 bridgehead atoms. The minimum absolute atomic E-state index is 0.0382. The summed E-state index contributed by atoms with van der Waals surface area (Å²) in [6.07, 6.45) is 6.20. The van der Waals surface area contributed by atoms with Crippen molar-refractivity contribution >= 4 is 0 Å². The number of unbranched alkanes of at least 4 members (excludes halogenated alkanes) is 3. The van der Waals surface area contributed by atoms with Gasteiger partial charge in [-0.1, -0.05) is 40.0 Å². The number of aliphatic hydroxyl groups excluding tert-OH is 1. The van der Waals surface area contributed by atoms with Crippen LogP contribution in [-0.4, -0.2) is 24.9 Å². The van der Waals surface area contributed by atoms with Crippen LogP contribution in [0.5, 0.6) is 17.2 Å². The SMILES string of the molecule is CCCCOc1cc(CO)cc(OCCCC)c1OCCCC. The topological polar surface area (TPSA) is 47.9 Å². The number of benzene rings is 1. The molecule has 0 atom stereocenters.